The average molecular weight is 467 g/mol. The number of nitrogens with one attached hydrogen (secondary N) is 1. The molecule has 9 heteroatoms. The fraction of sp³-hybridized carbons (Fsp3) is 0.154. The van der Waals surface area contributed by atoms with Crippen LogP contribution in [0, 0.1) is 11.3 Å². The Bertz CT molecular complexity index is 1650. The van der Waals surface area contributed by atoms with Gasteiger partial charge in [0.25, 0.3) is 0 Å². The van der Waals surface area contributed by atoms with Crippen LogP contribution in [0.2, 0.25) is 0 Å². The van der Waals surface area contributed by atoms with Crippen LogP contribution >= 0.6 is 0 Å². The first-order valence-electron chi connectivity index (χ1n) is 10.8. The summed E-state index contributed by atoms with van der Waals surface area (Å²) in [5, 5.41) is 21.7. The molecule has 0 unspecified atom stereocenters. The van der Waals surface area contributed by atoms with Gasteiger partial charge in [-0.05, 0) is 29.8 Å². The highest BCUT2D eigenvalue weighted by atomic mass is 16.5. The number of nitrogens with zero attached hydrogens (tertiary/aromatic N) is 4. The number of rotatable bonds is 7. The number of hydrogen-bond donors (Lipinski definition) is 1. The van der Waals surface area contributed by atoms with Crippen molar-refractivity contribution in [1.82, 2.24) is 15.0 Å². The third-order valence-corrected chi connectivity index (χ3v) is 5.70. The maximum atomic E-state index is 13.3. The molecule has 2 aromatic heterocycles. The van der Waals surface area contributed by atoms with E-state index < -0.39 is 0 Å². The summed E-state index contributed by atoms with van der Waals surface area (Å²) in [5.41, 5.74) is 3.62. The molecule has 0 amide bonds. The van der Waals surface area contributed by atoms with Crippen molar-refractivity contribution in [3.8, 4) is 17.6 Å². The van der Waals surface area contributed by atoms with Gasteiger partial charge >= 0.3 is 0 Å². The first-order chi connectivity index (χ1) is 17.1. The van der Waals surface area contributed by atoms with Crippen molar-refractivity contribution in [3.05, 3.63) is 87.8 Å². The van der Waals surface area contributed by atoms with Crippen molar-refractivity contribution in [2.24, 2.45) is 0 Å². The summed E-state index contributed by atoms with van der Waals surface area (Å²) in [6.45, 7) is 0.859. The number of aromatic nitrogens is 3. The molecule has 3 aromatic carbocycles. The zero-order valence-corrected chi connectivity index (χ0v) is 19.1. The third-order valence-electron chi connectivity index (χ3n) is 5.70. The maximum Gasteiger partial charge on any atom is 0.204 e. The fourth-order valence-corrected chi connectivity index (χ4v) is 3.94. The van der Waals surface area contributed by atoms with E-state index in [2.05, 4.69) is 21.7 Å². The molecular formula is C26H21N5O4. The second kappa shape index (κ2) is 9.19. The molecule has 0 radical (unpaired) electrons. The van der Waals surface area contributed by atoms with Crippen molar-refractivity contribution < 1.29 is 13.9 Å². The molecule has 0 aliphatic heterocycles. The van der Waals surface area contributed by atoms with Crippen LogP contribution in [0.5, 0.6) is 11.5 Å². The Labute approximate surface area is 200 Å². The van der Waals surface area contributed by atoms with Gasteiger partial charge in [0.2, 0.25) is 5.43 Å². The molecule has 1 N–H and O–H groups in total. The molecule has 0 fully saturated rings. The Morgan fingerprint density at radius 3 is 2.74 bits per heavy atom. The van der Waals surface area contributed by atoms with E-state index in [0.717, 1.165) is 16.9 Å². The normalized spacial score (nSPS) is 10.9. The Morgan fingerprint density at radius 1 is 1.09 bits per heavy atom. The lowest BCUT2D eigenvalue weighted by Crippen LogP contribution is -2.06. The molecule has 5 rings (SSSR count). The molecule has 0 saturated heterocycles. The average Bonchev–Trinajstić information content (AvgIpc) is 3.34. The van der Waals surface area contributed by atoms with E-state index in [0.29, 0.717) is 52.1 Å². The van der Waals surface area contributed by atoms with Gasteiger partial charge in [-0.25, -0.2) is 4.68 Å². The van der Waals surface area contributed by atoms with Gasteiger partial charge in [0.15, 0.2) is 0 Å². The predicted octanol–water partition coefficient (Wildman–Crippen LogP) is 4.09. The van der Waals surface area contributed by atoms with E-state index in [-0.39, 0.29) is 5.43 Å². The molecule has 5 aromatic rings. The molecule has 9 nitrogen and oxygen atoms in total. The zero-order valence-electron chi connectivity index (χ0n) is 19.1. The summed E-state index contributed by atoms with van der Waals surface area (Å²) in [5.74, 6) is 0.933. The van der Waals surface area contributed by atoms with Crippen LogP contribution in [-0.2, 0) is 13.1 Å². The monoisotopic (exact) mass is 467 g/mol. The number of fused-ring (bicyclic) bond motifs is 2. The molecule has 0 atom stereocenters. The summed E-state index contributed by atoms with van der Waals surface area (Å²) in [7, 11) is 3.05. The first kappa shape index (κ1) is 22.0. The SMILES string of the molecule is COc1cc(OC)c2c(=O)c3cc(NCc4cn(Cc5ccccc5C#N)nn4)ccc3oc2c1. The summed E-state index contributed by atoms with van der Waals surface area (Å²) < 4.78 is 18.3. The van der Waals surface area contributed by atoms with Crippen LogP contribution in [-0.4, -0.2) is 29.2 Å². The Balaban J connectivity index is 1.39. The Hall–Kier alpha value is -4.84. The molecule has 0 bridgehead atoms. The molecule has 0 spiro atoms. The standard InChI is InChI=1S/C26H21N5O4/c1-33-20-10-23(34-2)25-24(11-20)35-22-8-7-18(9-21(22)26(25)32)28-13-19-15-31(30-29-19)14-17-6-4-3-5-16(17)12-27/h3-11,15,28H,13-14H2,1-2H3. The van der Waals surface area contributed by atoms with Crippen LogP contribution in [0.15, 0.2) is 70.0 Å². The quantitative estimate of drug-likeness (QED) is 0.356. The van der Waals surface area contributed by atoms with Gasteiger partial charge in [-0.15, -0.1) is 5.10 Å². The van der Waals surface area contributed by atoms with Crippen LogP contribution in [0.25, 0.3) is 21.9 Å². The summed E-state index contributed by atoms with van der Waals surface area (Å²) in [6, 6.07) is 18.2. The second-order valence-corrected chi connectivity index (χ2v) is 7.87. The first-order valence-corrected chi connectivity index (χ1v) is 10.8. The van der Waals surface area contributed by atoms with Crippen molar-refractivity contribution in [1.29, 1.82) is 5.26 Å². The lowest BCUT2D eigenvalue weighted by atomic mass is 10.1. The molecule has 0 aliphatic carbocycles. The van der Waals surface area contributed by atoms with Crippen molar-refractivity contribution in [2.75, 3.05) is 19.5 Å². The van der Waals surface area contributed by atoms with Gasteiger partial charge in [-0.2, -0.15) is 5.26 Å². The van der Waals surface area contributed by atoms with E-state index in [9.17, 15) is 10.1 Å². The van der Waals surface area contributed by atoms with E-state index in [1.54, 1.807) is 42.1 Å². The number of hydrogen-bond acceptors (Lipinski definition) is 8. The second-order valence-electron chi connectivity index (χ2n) is 7.87. The largest absolute Gasteiger partial charge is 0.496 e. The van der Waals surface area contributed by atoms with Crippen LogP contribution < -0.4 is 20.2 Å². The fourth-order valence-electron chi connectivity index (χ4n) is 3.94. The Morgan fingerprint density at radius 2 is 1.94 bits per heavy atom. The molecule has 35 heavy (non-hydrogen) atoms. The predicted molar refractivity (Wildman–Crippen MR) is 131 cm³/mol. The van der Waals surface area contributed by atoms with E-state index in [1.807, 2.05) is 30.5 Å². The van der Waals surface area contributed by atoms with Crippen LogP contribution in [0.3, 0.4) is 0 Å². The number of methoxy groups -OCH3 is 2. The van der Waals surface area contributed by atoms with Gasteiger partial charge in [0.05, 0.1) is 50.5 Å². The smallest absolute Gasteiger partial charge is 0.204 e. The molecule has 0 saturated carbocycles. The summed E-state index contributed by atoms with van der Waals surface area (Å²) in [6.07, 6.45) is 1.82. The van der Waals surface area contributed by atoms with Crippen molar-refractivity contribution >= 4 is 27.6 Å². The van der Waals surface area contributed by atoms with Gasteiger partial charge in [-0.1, -0.05) is 23.4 Å². The summed E-state index contributed by atoms with van der Waals surface area (Å²) >= 11 is 0. The topological polar surface area (TPSA) is 115 Å². The minimum Gasteiger partial charge on any atom is -0.496 e. The van der Waals surface area contributed by atoms with Crippen molar-refractivity contribution in [2.45, 2.75) is 13.1 Å². The molecule has 0 aliphatic rings. The van der Waals surface area contributed by atoms with Crippen LogP contribution in [0.4, 0.5) is 5.69 Å². The van der Waals surface area contributed by atoms with Gasteiger partial charge in [0.1, 0.15) is 33.7 Å². The van der Waals surface area contributed by atoms with E-state index >= 15 is 0 Å². The van der Waals surface area contributed by atoms with E-state index in [4.69, 9.17) is 13.9 Å². The minimum atomic E-state index is -0.188. The highest BCUT2D eigenvalue weighted by molar-refractivity contribution is 5.95. The van der Waals surface area contributed by atoms with Gasteiger partial charge < -0.3 is 19.2 Å². The number of anilines is 1. The van der Waals surface area contributed by atoms with E-state index in [1.165, 1.54) is 7.11 Å². The Kier molecular flexibility index (Phi) is 5.77. The maximum absolute atomic E-state index is 13.3. The third kappa shape index (κ3) is 4.25. The number of benzene rings is 3. The minimum absolute atomic E-state index is 0.188. The van der Waals surface area contributed by atoms with Gasteiger partial charge in [0, 0.05) is 17.8 Å². The number of nitriles is 1. The highest BCUT2D eigenvalue weighted by Gasteiger charge is 2.15. The molecule has 2 heterocycles. The molecular weight excluding hydrogens is 446 g/mol. The van der Waals surface area contributed by atoms with Gasteiger partial charge in [-0.3, -0.25) is 4.79 Å². The highest BCUT2D eigenvalue weighted by Crippen LogP contribution is 2.31. The molecule has 174 valence electrons. The van der Waals surface area contributed by atoms with Crippen LogP contribution in [0.1, 0.15) is 16.8 Å². The van der Waals surface area contributed by atoms with Crippen molar-refractivity contribution in [3.63, 3.8) is 0 Å². The lowest BCUT2D eigenvalue weighted by molar-refractivity contribution is 0.396. The zero-order chi connectivity index (χ0) is 24.4. The summed E-state index contributed by atoms with van der Waals surface area (Å²) in [4.78, 5) is 13.3. The number of ether oxygens (including phenoxy) is 2. The lowest BCUT2D eigenvalue weighted by Gasteiger charge is -2.10.